The third kappa shape index (κ3) is 3.88. The number of hydrogen-bond acceptors (Lipinski definition) is 2. The Bertz CT molecular complexity index is 532. The molecule has 0 radical (unpaired) electrons. The second-order valence-electron chi connectivity index (χ2n) is 4.80. The van der Waals surface area contributed by atoms with Gasteiger partial charge in [-0.3, -0.25) is 4.79 Å². The molecule has 0 aliphatic rings. The van der Waals surface area contributed by atoms with Crippen molar-refractivity contribution in [3.63, 3.8) is 0 Å². The van der Waals surface area contributed by atoms with Crippen LogP contribution in [-0.4, -0.2) is 10.9 Å². The van der Waals surface area contributed by atoms with Crippen molar-refractivity contribution < 1.29 is 4.79 Å². The maximum atomic E-state index is 11.6. The van der Waals surface area contributed by atoms with Crippen LogP contribution in [0.1, 0.15) is 19.4 Å². The van der Waals surface area contributed by atoms with Crippen LogP contribution in [0.4, 0.5) is 11.4 Å². The lowest BCUT2D eigenvalue weighted by Gasteiger charge is -2.10. The van der Waals surface area contributed by atoms with Crippen LogP contribution in [0.2, 0.25) is 0 Å². The van der Waals surface area contributed by atoms with Crippen molar-refractivity contribution in [2.24, 2.45) is 5.92 Å². The van der Waals surface area contributed by atoms with Gasteiger partial charge in [-0.15, -0.1) is 0 Å². The number of amides is 1. The number of aromatic nitrogens is 1. The number of nitrogens with one attached hydrogen (secondary N) is 3. The standard InChI is InChI=1S/C15H19N3O/c1-11(2)15(19)18-14-5-3-4-13(8-14)17-10-12-6-7-16-9-12/h3-9,11,16-17H,10H2,1-2H3,(H,18,19). The number of carbonyl (C=O) groups is 1. The zero-order valence-corrected chi connectivity index (χ0v) is 11.2. The van der Waals surface area contributed by atoms with E-state index in [9.17, 15) is 4.79 Å². The highest BCUT2D eigenvalue weighted by atomic mass is 16.1. The quantitative estimate of drug-likeness (QED) is 0.770. The smallest absolute Gasteiger partial charge is 0.226 e. The zero-order valence-electron chi connectivity index (χ0n) is 11.2. The Morgan fingerprint density at radius 1 is 1.26 bits per heavy atom. The largest absolute Gasteiger partial charge is 0.381 e. The Morgan fingerprint density at radius 3 is 2.74 bits per heavy atom. The predicted octanol–water partition coefficient (Wildman–Crippen LogP) is 3.22. The molecule has 1 amide bonds. The fourth-order valence-corrected chi connectivity index (χ4v) is 1.67. The Morgan fingerprint density at radius 2 is 2.05 bits per heavy atom. The van der Waals surface area contributed by atoms with E-state index in [1.54, 1.807) is 0 Å². The SMILES string of the molecule is CC(C)C(=O)Nc1cccc(NCc2cc[nH]c2)c1. The molecular formula is C15H19N3O. The molecule has 0 atom stereocenters. The molecule has 1 heterocycles. The molecule has 19 heavy (non-hydrogen) atoms. The summed E-state index contributed by atoms with van der Waals surface area (Å²) in [6.07, 6.45) is 3.85. The van der Waals surface area contributed by atoms with Gasteiger partial charge < -0.3 is 15.6 Å². The average Bonchev–Trinajstić information content (AvgIpc) is 2.90. The second kappa shape index (κ2) is 6.09. The van der Waals surface area contributed by atoms with Gasteiger partial charge in [0, 0.05) is 36.2 Å². The van der Waals surface area contributed by atoms with Crippen LogP contribution in [0.15, 0.2) is 42.7 Å². The van der Waals surface area contributed by atoms with Crippen LogP contribution in [0.25, 0.3) is 0 Å². The van der Waals surface area contributed by atoms with Crippen LogP contribution >= 0.6 is 0 Å². The van der Waals surface area contributed by atoms with Gasteiger partial charge in [0.05, 0.1) is 0 Å². The van der Waals surface area contributed by atoms with Gasteiger partial charge in [-0.25, -0.2) is 0 Å². The molecule has 2 rings (SSSR count). The van der Waals surface area contributed by atoms with Gasteiger partial charge >= 0.3 is 0 Å². The number of H-pyrrole nitrogens is 1. The van der Waals surface area contributed by atoms with Gasteiger partial charge in [-0.1, -0.05) is 19.9 Å². The minimum Gasteiger partial charge on any atom is -0.381 e. The van der Waals surface area contributed by atoms with E-state index in [0.29, 0.717) is 0 Å². The summed E-state index contributed by atoms with van der Waals surface area (Å²) in [6.45, 7) is 4.51. The summed E-state index contributed by atoms with van der Waals surface area (Å²) in [6, 6.07) is 9.76. The highest BCUT2D eigenvalue weighted by Crippen LogP contribution is 2.16. The molecule has 0 spiro atoms. The number of anilines is 2. The lowest BCUT2D eigenvalue weighted by atomic mass is 10.2. The van der Waals surface area contributed by atoms with E-state index in [4.69, 9.17) is 0 Å². The summed E-state index contributed by atoms with van der Waals surface area (Å²) in [5, 5.41) is 6.21. The molecule has 100 valence electrons. The molecule has 4 heteroatoms. The zero-order chi connectivity index (χ0) is 13.7. The Hall–Kier alpha value is -2.23. The molecule has 0 unspecified atom stereocenters. The summed E-state index contributed by atoms with van der Waals surface area (Å²) in [5.41, 5.74) is 3.00. The molecule has 4 nitrogen and oxygen atoms in total. The Labute approximate surface area is 113 Å². The van der Waals surface area contributed by atoms with E-state index in [1.807, 2.05) is 56.6 Å². The predicted molar refractivity (Wildman–Crippen MR) is 78.0 cm³/mol. The molecule has 3 N–H and O–H groups in total. The van der Waals surface area contributed by atoms with Gasteiger partial charge in [-0.05, 0) is 29.8 Å². The first-order valence-electron chi connectivity index (χ1n) is 6.41. The number of carbonyl (C=O) groups excluding carboxylic acids is 1. The van der Waals surface area contributed by atoms with Crippen molar-refractivity contribution in [2.45, 2.75) is 20.4 Å². The molecule has 0 fully saturated rings. The highest BCUT2D eigenvalue weighted by Gasteiger charge is 2.07. The van der Waals surface area contributed by atoms with E-state index >= 15 is 0 Å². The lowest BCUT2D eigenvalue weighted by Crippen LogP contribution is -2.17. The lowest BCUT2D eigenvalue weighted by molar-refractivity contribution is -0.118. The van der Waals surface area contributed by atoms with Crippen molar-refractivity contribution in [1.82, 2.24) is 4.98 Å². The van der Waals surface area contributed by atoms with Gasteiger partial charge in [-0.2, -0.15) is 0 Å². The van der Waals surface area contributed by atoms with Crippen LogP contribution < -0.4 is 10.6 Å². The summed E-state index contributed by atoms with van der Waals surface area (Å²) < 4.78 is 0. The van der Waals surface area contributed by atoms with Gasteiger partial charge in [0.2, 0.25) is 5.91 Å². The first-order chi connectivity index (χ1) is 9.15. The van der Waals surface area contributed by atoms with Gasteiger partial charge in [0.15, 0.2) is 0 Å². The van der Waals surface area contributed by atoms with Crippen molar-refractivity contribution in [3.05, 3.63) is 48.3 Å². The average molecular weight is 257 g/mol. The van der Waals surface area contributed by atoms with E-state index in [1.165, 1.54) is 5.56 Å². The number of rotatable bonds is 5. The van der Waals surface area contributed by atoms with E-state index < -0.39 is 0 Å². The molecule has 0 bridgehead atoms. The summed E-state index contributed by atoms with van der Waals surface area (Å²) in [4.78, 5) is 14.7. The maximum absolute atomic E-state index is 11.6. The van der Waals surface area contributed by atoms with Crippen LogP contribution in [0.3, 0.4) is 0 Å². The van der Waals surface area contributed by atoms with Gasteiger partial charge in [0.1, 0.15) is 0 Å². The Balaban J connectivity index is 1.97. The van der Waals surface area contributed by atoms with Crippen molar-refractivity contribution in [2.75, 3.05) is 10.6 Å². The molecule has 2 aromatic rings. The number of benzene rings is 1. The van der Waals surface area contributed by atoms with Crippen LogP contribution in [0.5, 0.6) is 0 Å². The second-order valence-corrected chi connectivity index (χ2v) is 4.80. The normalized spacial score (nSPS) is 10.5. The Kier molecular flexibility index (Phi) is 4.23. The van der Waals surface area contributed by atoms with Gasteiger partial charge in [0.25, 0.3) is 0 Å². The molecular weight excluding hydrogens is 238 g/mol. The van der Waals surface area contributed by atoms with Crippen molar-refractivity contribution in [3.8, 4) is 0 Å². The molecule has 0 aliphatic carbocycles. The molecule has 0 saturated heterocycles. The van der Waals surface area contributed by atoms with Crippen molar-refractivity contribution >= 4 is 17.3 Å². The minimum atomic E-state index is -0.0172. The third-order valence-electron chi connectivity index (χ3n) is 2.81. The molecule has 0 saturated carbocycles. The number of aromatic amines is 1. The topological polar surface area (TPSA) is 56.9 Å². The third-order valence-corrected chi connectivity index (χ3v) is 2.81. The maximum Gasteiger partial charge on any atom is 0.226 e. The van der Waals surface area contributed by atoms with Crippen LogP contribution in [-0.2, 0) is 11.3 Å². The van der Waals surface area contributed by atoms with Crippen molar-refractivity contribution in [1.29, 1.82) is 0 Å². The molecule has 1 aromatic carbocycles. The van der Waals surface area contributed by atoms with E-state index in [-0.39, 0.29) is 11.8 Å². The van der Waals surface area contributed by atoms with E-state index in [2.05, 4.69) is 15.6 Å². The summed E-state index contributed by atoms with van der Waals surface area (Å²) in [5.74, 6) is 0.0132. The van der Waals surface area contributed by atoms with Crippen LogP contribution in [0, 0.1) is 5.92 Å². The fraction of sp³-hybridized carbons (Fsp3) is 0.267. The summed E-state index contributed by atoms with van der Waals surface area (Å²) in [7, 11) is 0. The molecule has 1 aromatic heterocycles. The fourth-order valence-electron chi connectivity index (χ4n) is 1.67. The monoisotopic (exact) mass is 257 g/mol. The summed E-state index contributed by atoms with van der Waals surface area (Å²) >= 11 is 0. The highest BCUT2D eigenvalue weighted by molar-refractivity contribution is 5.92. The first kappa shape index (κ1) is 13.2. The van der Waals surface area contributed by atoms with E-state index in [0.717, 1.165) is 17.9 Å². The number of hydrogen-bond donors (Lipinski definition) is 3. The minimum absolute atomic E-state index is 0.0172. The molecule has 0 aliphatic heterocycles. The first-order valence-corrected chi connectivity index (χ1v) is 6.41.